The number of halogens is 1. The minimum absolute atomic E-state index is 0.0651. The van der Waals surface area contributed by atoms with Gasteiger partial charge in [0.25, 0.3) is 11.8 Å². The number of allylic oxidation sites excluding steroid dienone is 1. The van der Waals surface area contributed by atoms with Crippen LogP contribution in [-0.2, 0) is 22.6 Å². The normalized spacial score (nSPS) is 17.6. The van der Waals surface area contributed by atoms with Crippen LogP contribution in [0.15, 0.2) is 54.6 Å². The molecule has 194 valence electrons. The summed E-state index contributed by atoms with van der Waals surface area (Å²) in [5.41, 5.74) is 2.39. The molecule has 37 heavy (non-hydrogen) atoms. The van der Waals surface area contributed by atoms with Gasteiger partial charge in [-0.15, -0.1) is 6.58 Å². The minimum Gasteiger partial charge on any atom is -0.490 e. The fourth-order valence-electron chi connectivity index (χ4n) is 4.75. The maximum Gasteiger partial charge on any atom is 0.331 e. The van der Waals surface area contributed by atoms with Crippen LogP contribution in [-0.4, -0.2) is 35.4 Å². The molecule has 2 aromatic rings. The molecule has 0 spiro atoms. The molecule has 2 aliphatic rings. The molecule has 1 aliphatic carbocycles. The van der Waals surface area contributed by atoms with E-state index in [9.17, 15) is 14.4 Å². The third-order valence-corrected chi connectivity index (χ3v) is 7.22. The Labute approximate surface area is 231 Å². The third kappa shape index (κ3) is 6.41. The van der Waals surface area contributed by atoms with E-state index in [0.717, 1.165) is 46.8 Å². The largest absolute Gasteiger partial charge is 0.490 e. The molecule has 0 radical (unpaired) electrons. The van der Waals surface area contributed by atoms with Gasteiger partial charge in [0.15, 0.2) is 11.5 Å². The van der Waals surface area contributed by atoms with Gasteiger partial charge in [0.1, 0.15) is 12.2 Å². The van der Waals surface area contributed by atoms with Crippen molar-refractivity contribution in [3.63, 3.8) is 0 Å². The first-order valence-corrected chi connectivity index (χ1v) is 13.7. The highest BCUT2D eigenvalue weighted by molar-refractivity contribution is 14.1. The SMILES string of the molecule is C=CCc1cc(C=C2C(=O)NC(=O)N(C3CCCCC3)C2=O)cc(OCC)c1OCc1ccc(I)cc1. The van der Waals surface area contributed by atoms with Crippen LogP contribution in [0.3, 0.4) is 0 Å². The molecule has 4 amide bonds. The second-order valence-corrected chi connectivity index (χ2v) is 10.4. The Hall–Kier alpha value is -3.14. The molecule has 0 bridgehead atoms. The van der Waals surface area contributed by atoms with Gasteiger partial charge in [-0.1, -0.05) is 37.5 Å². The number of barbiturate groups is 1. The second-order valence-electron chi connectivity index (χ2n) is 9.13. The summed E-state index contributed by atoms with van der Waals surface area (Å²) < 4.78 is 13.3. The van der Waals surface area contributed by atoms with Gasteiger partial charge in [-0.05, 0) is 90.2 Å². The Kier molecular flexibility index (Phi) is 9.02. The third-order valence-electron chi connectivity index (χ3n) is 6.50. The summed E-state index contributed by atoms with van der Waals surface area (Å²) in [7, 11) is 0. The highest BCUT2D eigenvalue weighted by Crippen LogP contribution is 2.36. The predicted octanol–water partition coefficient (Wildman–Crippen LogP) is 5.79. The Morgan fingerprint density at radius 3 is 2.49 bits per heavy atom. The lowest BCUT2D eigenvalue weighted by Gasteiger charge is -2.35. The molecule has 1 saturated carbocycles. The first-order chi connectivity index (χ1) is 17.9. The van der Waals surface area contributed by atoms with E-state index < -0.39 is 17.8 Å². The van der Waals surface area contributed by atoms with E-state index in [4.69, 9.17) is 9.47 Å². The number of imide groups is 2. The highest BCUT2D eigenvalue weighted by atomic mass is 127. The molecule has 0 aromatic heterocycles. The summed E-state index contributed by atoms with van der Waals surface area (Å²) in [4.78, 5) is 39.8. The lowest BCUT2D eigenvalue weighted by atomic mass is 9.93. The molecular formula is C29H31IN2O5. The number of ether oxygens (including phenoxy) is 2. The van der Waals surface area contributed by atoms with Gasteiger partial charge in [0, 0.05) is 15.2 Å². The van der Waals surface area contributed by atoms with Gasteiger partial charge in [-0.2, -0.15) is 0 Å². The number of hydrogen-bond acceptors (Lipinski definition) is 5. The summed E-state index contributed by atoms with van der Waals surface area (Å²) in [5, 5.41) is 2.35. The molecule has 0 unspecified atom stereocenters. The van der Waals surface area contributed by atoms with E-state index in [2.05, 4.69) is 34.5 Å². The average molecular weight is 614 g/mol. The second kappa shape index (κ2) is 12.4. The molecule has 2 aromatic carbocycles. The van der Waals surface area contributed by atoms with Crippen LogP contribution in [0.5, 0.6) is 11.5 Å². The van der Waals surface area contributed by atoms with Gasteiger partial charge in [-0.3, -0.25) is 19.8 Å². The molecule has 8 heteroatoms. The van der Waals surface area contributed by atoms with E-state index in [-0.39, 0.29) is 11.6 Å². The van der Waals surface area contributed by atoms with Crippen molar-refractivity contribution in [3.8, 4) is 11.5 Å². The maximum atomic E-state index is 13.3. The van der Waals surface area contributed by atoms with Crippen molar-refractivity contribution in [2.24, 2.45) is 0 Å². The van der Waals surface area contributed by atoms with Crippen LogP contribution in [0.25, 0.3) is 6.08 Å². The van der Waals surface area contributed by atoms with Gasteiger partial charge < -0.3 is 9.47 Å². The van der Waals surface area contributed by atoms with Crippen molar-refractivity contribution in [2.45, 2.75) is 58.1 Å². The molecular weight excluding hydrogens is 583 g/mol. The first kappa shape index (κ1) is 26.9. The lowest BCUT2D eigenvalue weighted by Crippen LogP contribution is -2.58. The van der Waals surface area contributed by atoms with E-state index >= 15 is 0 Å². The van der Waals surface area contributed by atoms with E-state index in [1.165, 1.54) is 11.0 Å². The molecule has 1 heterocycles. The van der Waals surface area contributed by atoms with Crippen molar-refractivity contribution < 1.29 is 23.9 Å². The molecule has 7 nitrogen and oxygen atoms in total. The zero-order valence-corrected chi connectivity index (χ0v) is 23.1. The summed E-state index contributed by atoms with van der Waals surface area (Å²) in [6.07, 6.45) is 8.32. The topological polar surface area (TPSA) is 84.9 Å². The molecule has 4 rings (SSSR count). The fourth-order valence-corrected chi connectivity index (χ4v) is 5.10. The Balaban J connectivity index is 1.67. The van der Waals surface area contributed by atoms with E-state index in [1.54, 1.807) is 12.1 Å². The smallest absolute Gasteiger partial charge is 0.331 e. The maximum absolute atomic E-state index is 13.3. The lowest BCUT2D eigenvalue weighted by molar-refractivity contribution is -0.132. The number of urea groups is 1. The zero-order valence-electron chi connectivity index (χ0n) is 20.9. The number of nitrogens with one attached hydrogen (secondary N) is 1. The first-order valence-electron chi connectivity index (χ1n) is 12.6. The molecule has 1 N–H and O–H groups in total. The number of amides is 4. The zero-order chi connectivity index (χ0) is 26.4. The number of benzene rings is 2. The van der Waals surface area contributed by atoms with Crippen molar-refractivity contribution in [3.05, 3.63) is 74.9 Å². The Morgan fingerprint density at radius 1 is 1.08 bits per heavy atom. The van der Waals surface area contributed by atoms with Gasteiger partial charge in [0.2, 0.25) is 0 Å². The number of hydrogen-bond donors (Lipinski definition) is 1. The van der Waals surface area contributed by atoms with E-state index in [1.807, 2.05) is 37.3 Å². The van der Waals surface area contributed by atoms with Gasteiger partial charge in [0.05, 0.1) is 6.61 Å². The summed E-state index contributed by atoms with van der Waals surface area (Å²) in [6, 6.07) is 10.9. The van der Waals surface area contributed by atoms with Crippen LogP contribution < -0.4 is 14.8 Å². The number of nitrogens with zero attached hydrogens (tertiary/aromatic N) is 1. The average Bonchev–Trinajstić information content (AvgIpc) is 2.88. The van der Waals surface area contributed by atoms with Crippen LogP contribution >= 0.6 is 22.6 Å². The fraction of sp³-hybridized carbons (Fsp3) is 0.345. The van der Waals surface area contributed by atoms with Crippen LogP contribution in [0.4, 0.5) is 4.79 Å². The van der Waals surface area contributed by atoms with E-state index in [0.29, 0.717) is 36.7 Å². The molecule has 1 aliphatic heterocycles. The summed E-state index contributed by atoms with van der Waals surface area (Å²) >= 11 is 2.26. The number of rotatable bonds is 9. The van der Waals surface area contributed by atoms with Crippen molar-refractivity contribution in [1.29, 1.82) is 0 Å². The van der Waals surface area contributed by atoms with Gasteiger partial charge in [-0.25, -0.2) is 4.79 Å². The van der Waals surface area contributed by atoms with Crippen LogP contribution in [0, 0.1) is 3.57 Å². The predicted molar refractivity (Wildman–Crippen MR) is 150 cm³/mol. The van der Waals surface area contributed by atoms with Crippen LogP contribution in [0.1, 0.15) is 55.7 Å². The Bertz CT molecular complexity index is 1220. The number of carbonyl (C=O) groups excluding carboxylic acids is 3. The van der Waals surface area contributed by atoms with Gasteiger partial charge >= 0.3 is 6.03 Å². The molecule has 2 fully saturated rings. The van der Waals surface area contributed by atoms with Crippen molar-refractivity contribution in [2.75, 3.05) is 6.61 Å². The quantitative estimate of drug-likeness (QED) is 0.167. The summed E-state index contributed by atoms with van der Waals surface area (Å²) in [6.45, 7) is 6.52. The standard InChI is InChI=1S/C29H31IN2O5/c1-3-8-21-15-20(17-25(36-4-2)26(21)37-18-19-11-13-22(30)14-12-19)16-24-27(33)31-29(35)32(28(24)34)23-9-6-5-7-10-23/h3,11-17,23H,1,4-10,18H2,2H3,(H,31,33,35). The molecule has 1 saturated heterocycles. The van der Waals surface area contributed by atoms with Crippen LogP contribution in [0.2, 0.25) is 0 Å². The van der Waals surface area contributed by atoms with Crippen molar-refractivity contribution in [1.82, 2.24) is 10.2 Å². The molecule has 0 atom stereocenters. The minimum atomic E-state index is -0.690. The highest BCUT2D eigenvalue weighted by Gasteiger charge is 2.40. The number of carbonyl (C=O) groups is 3. The monoisotopic (exact) mass is 614 g/mol. The summed E-state index contributed by atoms with van der Waals surface area (Å²) in [5.74, 6) is -0.129. The Morgan fingerprint density at radius 2 is 1.81 bits per heavy atom. The van der Waals surface area contributed by atoms with Crippen molar-refractivity contribution >= 4 is 46.5 Å².